The molecule has 0 bridgehead atoms. The largest absolute Gasteiger partial charge is 0.384 e. The lowest BCUT2D eigenvalue weighted by molar-refractivity contribution is -0.129. The van der Waals surface area contributed by atoms with Crippen LogP contribution < -0.4 is 5.73 Å². The number of nitrogens with zero attached hydrogens (tertiary/aromatic N) is 5. The fourth-order valence-electron chi connectivity index (χ4n) is 4.62. The molecule has 0 unspecified atom stereocenters. The lowest BCUT2D eigenvalue weighted by atomic mass is 10.0. The molecule has 34 heavy (non-hydrogen) atoms. The molecule has 0 aliphatic carbocycles. The van der Waals surface area contributed by atoms with Gasteiger partial charge >= 0.3 is 0 Å². The number of pyridine rings is 1. The van der Waals surface area contributed by atoms with Crippen LogP contribution in [0, 0.1) is 0 Å². The second-order valence-corrected chi connectivity index (χ2v) is 9.09. The van der Waals surface area contributed by atoms with Crippen molar-refractivity contribution >= 4 is 39.6 Å². The molecular formula is C25H34N6O3. The van der Waals surface area contributed by atoms with E-state index >= 15 is 0 Å². The Balaban J connectivity index is 1.71. The van der Waals surface area contributed by atoms with Crippen LogP contribution in [0.5, 0.6) is 0 Å². The lowest BCUT2D eigenvalue weighted by Crippen LogP contribution is -2.26. The summed E-state index contributed by atoms with van der Waals surface area (Å²) >= 11 is 0. The highest BCUT2D eigenvalue weighted by atomic mass is 16.5. The Labute approximate surface area is 199 Å². The lowest BCUT2D eigenvalue weighted by Gasteiger charge is -2.17. The van der Waals surface area contributed by atoms with Crippen molar-refractivity contribution in [2.45, 2.75) is 45.1 Å². The summed E-state index contributed by atoms with van der Waals surface area (Å²) in [5.41, 5.74) is 9.86. The van der Waals surface area contributed by atoms with Crippen LogP contribution in [0.25, 0.3) is 21.9 Å². The number of carbonyl (C=O) groups is 2. The van der Waals surface area contributed by atoms with E-state index in [-0.39, 0.29) is 11.8 Å². The molecular weight excluding hydrogens is 432 g/mol. The van der Waals surface area contributed by atoms with E-state index in [0.717, 1.165) is 60.3 Å². The zero-order valence-electron chi connectivity index (χ0n) is 20.3. The number of hydrogen-bond donors (Lipinski definition) is 1. The minimum Gasteiger partial charge on any atom is -0.384 e. The Morgan fingerprint density at radius 3 is 2.74 bits per heavy atom. The Bertz CT molecular complexity index is 1200. The first kappa shape index (κ1) is 23.9. The molecule has 0 saturated carbocycles. The summed E-state index contributed by atoms with van der Waals surface area (Å²) in [5, 5.41) is 0.979. The van der Waals surface area contributed by atoms with Crippen molar-refractivity contribution < 1.29 is 14.3 Å². The highest BCUT2D eigenvalue weighted by Gasteiger charge is 2.21. The van der Waals surface area contributed by atoms with Crippen molar-refractivity contribution in [2.24, 2.45) is 0 Å². The van der Waals surface area contributed by atoms with E-state index in [9.17, 15) is 9.59 Å². The minimum atomic E-state index is 0.101. The number of aryl methyl sites for hydroxylation is 2. The van der Waals surface area contributed by atoms with E-state index < -0.39 is 0 Å². The summed E-state index contributed by atoms with van der Waals surface area (Å²) in [7, 11) is 5.22. The van der Waals surface area contributed by atoms with Gasteiger partial charge in [-0.05, 0) is 37.0 Å². The maximum atomic E-state index is 12.1. The first-order chi connectivity index (χ1) is 16.4. The highest BCUT2D eigenvalue weighted by Crippen LogP contribution is 2.30. The van der Waals surface area contributed by atoms with Gasteiger partial charge in [0.2, 0.25) is 11.8 Å². The average Bonchev–Trinajstić information content (AvgIpc) is 3.40. The first-order valence-corrected chi connectivity index (χ1v) is 11.9. The molecule has 1 saturated heterocycles. The van der Waals surface area contributed by atoms with Gasteiger partial charge in [-0.2, -0.15) is 0 Å². The van der Waals surface area contributed by atoms with E-state index in [2.05, 4.69) is 15.6 Å². The molecule has 2 amide bonds. The summed E-state index contributed by atoms with van der Waals surface area (Å²) in [4.78, 5) is 37.1. The number of fused-ring (bicyclic) bond motifs is 3. The molecule has 9 heteroatoms. The SMILES string of the molecule is COCCc1nc2c(N)nc3ccc(CCC(=O)N(C)C)cc3c2n1CCCN1CCCC1=O. The van der Waals surface area contributed by atoms with Gasteiger partial charge in [-0.3, -0.25) is 9.59 Å². The minimum absolute atomic E-state index is 0.101. The van der Waals surface area contributed by atoms with E-state index in [4.69, 9.17) is 15.5 Å². The van der Waals surface area contributed by atoms with Gasteiger partial charge in [0.15, 0.2) is 5.82 Å². The van der Waals surface area contributed by atoms with Crippen LogP contribution >= 0.6 is 0 Å². The quantitative estimate of drug-likeness (QED) is 0.492. The maximum Gasteiger partial charge on any atom is 0.222 e. The summed E-state index contributed by atoms with van der Waals surface area (Å²) in [5.74, 6) is 1.65. The van der Waals surface area contributed by atoms with Crippen molar-refractivity contribution in [1.29, 1.82) is 0 Å². The predicted molar refractivity (Wildman–Crippen MR) is 132 cm³/mol. The monoisotopic (exact) mass is 466 g/mol. The predicted octanol–water partition coefficient (Wildman–Crippen LogP) is 2.39. The van der Waals surface area contributed by atoms with E-state index in [1.54, 1.807) is 26.1 Å². The maximum absolute atomic E-state index is 12.1. The highest BCUT2D eigenvalue weighted by molar-refractivity contribution is 6.06. The Morgan fingerprint density at radius 1 is 1.21 bits per heavy atom. The van der Waals surface area contributed by atoms with Crippen molar-refractivity contribution in [3.05, 3.63) is 29.6 Å². The average molecular weight is 467 g/mol. The topological polar surface area (TPSA) is 107 Å². The van der Waals surface area contributed by atoms with E-state index in [1.807, 2.05) is 17.0 Å². The van der Waals surface area contributed by atoms with Crippen LogP contribution in [0.4, 0.5) is 5.82 Å². The fraction of sp³-hybridized carbons (Fsp3) is 0.520. The number of rotatable bonds is 10. The molecule has 1 aromatic carbocycles. The van der Waals surface area contributed by atoms with Gasteiger partial charge in [0.1, 0.15) is 11.3 Å². The van der Waals surface area contributed by atoms with Crippen LogP contribution in [-0.2, 0) is 33.7 Å². The van der Waals surface area contributed by atoms with Crippen LogP contribution in [0.1, 0.15) is 37.1 Å². The van der Waals surface area contributed by atoms with Gasteiger partial charge in [-0.1, -0.05) is 6.07 Å². The normalized spacial score (nSPS) is 14.0. The van der Waals surface area contributed by atoms with Gasteiger partial charge in [-0.25, -0.2) is 9.97 Å². The second-order valence-electron chi connectivity index (χ2n) is 9.09. The van der Waals surface area contributed by atoms with Gasteiger partial charge in [0.25, 0.3) is 0 Å². The number of amides is 2. The number of imidazole rings is 1. The Morgan fingerprint density at radius 2 is 2.03 bits per heavy atom. The number of likely N-dealkylation sites (tertiary alicyclic amines) is 1. The third-order valence-corrected chi connectivity index (χ3v) is 6.48. The summed E-state index contributed by atoms with van der Waals surface area (Å²) < 4.78 is 7.53. The molecule has 0 atom stereocenters. The first-order valence-electron chi connectivity index (χ1n) is 11.9. The van der Waals surface area contributed by atoms with Gasteiger partial charge in [0.05, 0.1) is 17.6 Å². The van der Waals surface area contributed by atoms with Gasteiger partial charge in [-0.15, -0.1) is 0 Å². The number of hydrogen-bond acceptors (Lipinski definition) is 6. The summed E-state index contributed by atoms with van der Waals surface area (Å²) in [6.07, 6.45) is 4.19. The third-order valence-electron chi connectivity index (χ3n) is 6.48. The number of ether oxygens (including phenoxy) is 1. The van der Waals surface area contributed by atoms with Crippen molar-refractivity contribution in [2.75, 3.05) is 46.6 Å². The van der Waals surface area contributed by atoms with E-state index in [0.29, 0.717) is 43.6 Å². The summed E-state index contributed by atoms with van der Waals surface area (Å²) in [6.45, 7) is 2.85. The van der Waals surface area contributed by atoms with Crippen LogP contribution in [0.15, 0.2) is 18.2 Å². The molecule has 4 rings (SSSR count). The fourth-order valence-corrected chi connectivity index (χ4v) is 4.62. The van der Waals surface area contributed by atoms with Crippen molar-refractivity contribution in [1.82, 2.24) is 24.3 Å². The molecule has 1 fully saturated rings. The number of aromatic nitrogens is 3. The molecule has 9 nitrogen and oxygen atoms in total. The van der Waals surface area contributed by atoms with Gasteiger partial charge in [0, 0.05) is 65.5 Å². The van der Waals surface area contributed by atoms with Gasteiger partial charge < -0.3 is 24.8 Å². The zero-order chi connectivity index (χ0) is 24.2. The molecule has 3 aromatic rings. The number of anilines is 1. The molecule has 182 valence electrons. The molecule has 0 spiro atoms. The number of nitrogen functional groups attached to an aromatic ring is 1. The number of nitrogens with two attached hydrogens (primary N) is 1. The smallest absolute Gasteiger partial charge is 0.222 e. The van der Waals surface area contributed by atoms with Crippen LogP contribution in [-0.4, -0.2) is 77.1 Å². The van der Waals surface area contributed by atoms with Crippen LogP contribution in [0.2, 0.25) is 0 Å². The molecule has 3 heterocycles. The van der Waals surface area contributed by atoms with Crippen molar-refractivity contribution in [3.63, 3.8) is 0 Å². The van der Waals surface area contributed by atoms with Crippen molar-refractivity contribution in [3.8, 4) is 0 Å². The number of methoxy groups -OCH3 is 1. The Kier molecular flexibility index (Phi) is 7.31. The second kappa shape index (κ2) is 10.4. The molecule has 1 aliphatic heterocycles. The molecule has 2 aromatic heterocycles. The number of benzene rings is 1. The third kappa shape index (κ3) is 4.99. The zero-order valence-corrected chi connectivity index (χ0v) is 20.3. The Hall–Kier alpha value is -3.20. The van der Waals surface area contributed by atoms with E-state index in [1.165, 1.54) is 0 Å². The summed E-state index contributed by atoms with van der Waals surface area (Å²) in [6, 6.07) is 6.08. The molecule has 0 radical (unpaired) electrons. The molecule has 1 aliphatic rings. The number of carbonyl (C=O) groups excluding carboxylic acids is 2. The molecule has 2 N–H and O–H groups in total. The standard InChI is InChI=1S/C25H34N6O3/c1-29(2)21(32)10-8-17-7-9-19-18(16-17)24-23(25(26)27-19)28-20(11-15-34-3)31(24)14-5-13-30-12-4-6-22(30)33/h7,9,16H,4-6,8,10-15H2,1-3H3,(H2,26,27). The van der Waals surface area contributed by atoms with Crippen LogP contribution in [0.3, 0.4) is 0 Å².